The lowest BCUT2D eigenvalue weighted by Gasteiger charge is -1.96. The van der Waals surface area contributed by atoms with Crippen LogP contribution in [0, 0.1) is 0 Å². The van der Waals surface area contributed by atoms with E-state index in [1.807, 2.05) is 6.07 Å². The van der Waals surface area contributed by atoms with Crippen molar-refractivity contribution in [2.24, 2.45) is 0 Å². The molecule has 0 spiro atoms. The van der Waals surface area contributed by atoms with Gasteiger partial charge < -0.3 is 5.32 Å². The fourth-order valence-electron chi connectivity index (χ4n) is 1.20. The van der Waals surface area contributed by atoms with Crippen molar-refractivity contribution in [2.45, 2.75) is 19.9 Å². The van der Waals surface area contributed by atoms with Gasteiger partial charge in [0, 0.05) is 6.54 Å². The Labute approximate surface area is 97.2 Å². The summed E-state index contributed by atoms with van der Waals surface area (Å²) in [5.41, 5.74) is 0. The molecule has 0 atom stereocenters. The number of hydrogen-bond acceptors (Lipinski definition) is 5. The Morgan fingerprint density at radius 2 is 2.33 bits per heavy atom. The van der Waals surface area contributed by atoms with Crippen molar-refractivity contribution in [2.75, 3.05) is 6.54 Å². The zero-order valence-corrected chi connectivity index (χ0v) is 10.2. The van der Waals surface area contributed by atoms with Crippen LogP contribution in [0.3, 0.4) is 0 Å². The van der Waals surface area contributed by atoms with E-state index < -0.39 is 0 Å². The topological polar surface area (TPSA) is 37.8 Å². The minimum absolute atomic E-state index is 0.830. The molecular weight excluding hydrogens is 226 g/mol. The first kappa shape index (κ1) is 10.7. The molecular formula is C10H13N3S2. The van der Waals surface area contributed by atoms with E-state index in [0.29, 0.717) is 0 Å². The van der Waals surface area contributed by atoms with Gasteiger partial charge in [0.1, 0.15) is 5.01 Å². The molecule has 2 aromatic rings. The molecule has 0 aromatic carbocycles. The van der Waals surface area contributed by atoms with Crippen LogP contribution in [0.15, 0.2) is 17.5 Å². The van der Waals surface area contributed by atoms with Crippen LogP contribution in [-0.4, -0.2) is 16.7 Å². The monoisotopic (exact) mass is 239 g/mol. The van der Waals surface area contributed by atoms with Gasteiger partial charge in [-0.2, -0.15) is 0 Å². The molecule has 2 rings (SSSR count). The highest BCUT2D eigenvalue weighted by atomic mass is 32.1. The zero-order chi connectivity index (χ0) is 10.5. The van der Waals surface area contributed by atoms with Gasteiger partial charge in [0.15, 0.2) is 5.01 Å². The van der Waals surface area contributed by atoms with E-state index in [1.165, 1.54) is 4.88 Å². The average molecular weight is 239 g/mol. The van der Waals surface area contributed by atoms with Gasteiger partial charge in [-0.3, -0.25) is 0 Å². The predicted molar refractivity (Wildman–Crippen MR) is 65.2 cm³/mol. The van der Waals surface area contributed by atoms with Gasteiger partial charge in [0.25, 0.3) is 0 Å². The van der Waals surface area contributed by atoms with Crippen LogP contribution in [0.4, 0.5) is 0 Å². The summed E-state index contributed by atoms with van der Waals surface area (Å²) in [6, 6.07) is 4.12. The molecule has 0 aliphatic carbocycles. The second-order valence-corrected chi connectivity index (χ2v) is 5.16. The van der Waals surface area contributed by atoms with Gasteiger partial charge in [-0.1, -0.05) is 24.3 Å². The summed E-state index contributed by atoms with van der Waals surface area (Å²) in [6.07, 6.45) is 1.15. The molecule has 0 unspecified atom stereocenters. The number of thiophene rings is 1. The highest BCUT2D eigenvalue weighted by molar-refractivity contribution is 7.20. The Bertz CT molecular complexity index is 394. The Hall–Kier alpha value is -0.780. The maximum Gasteiger partial charge on any atom is 0.157 e. The van der Waals surface area contributed by atoms with E-state index >= 15 is 0 Å². The third kappa shape index (κ3) is 2.84. The van der Waals surface area contributed by atoms with E-state index in [9.17, 15) is 0 Å². The molecule has 5 heteroatoms. The van der Waals surface area contributed by atoms with Gasteiger partial charge >= 0.3 is 0 Å². The normalized spacial score (nSPS) is 10.7. The summed E-state index contributed by atoms with van der Waals surface area (Å²) in [7, 11) is 0. The van der Waals surface area contributed by atoms with Gasteiger partial charge in [0.05, 0.1) is 4.88 Å². The first-order valence-electron chi connectivity index (χ1n) is 4.97. The molecule has 0 aliphatic heterocycles. The highest BCUT2D eigenvalue weighted by Crippen LogP contribution is 2.27. The third-order valence-corrected chi connectivity index (χ3v) is 3.86. The number of rotatable bonds is 5. The lowest BCUT2D eigenvalue weighted by Crippen LogP contribution is -2.13. The van der Waals surface area contributed by atoms with Crippen molar-refractivity contribution in [1.82, 2.24) is 15.5 Å². The molecule has 0 saturated carbocycles. The largest absolute Gasteiger partial charge is 0.310 e. The van der Waals surface area contributed by atoms with Crippen LogP contribution < -0.4 is 5.32 Å². The maximum atomic E-state index is 4.18. The minimum atomic E-state index is 0.830. The van der Waals surface area contributed by atoms with Crippen molar-refractivity contribution in [1.29, 1.82) is 0 Å². The van der Waals surface area contributed by atoms with Crippen LogP contribution in [0.5, 0.6) is 0 Å². The molecule has 0 aliphatic rings. The van der Waals surface area contributed by atoms with E-state index in [-0.39, 0.29) is 0 Å². The number of nitrogens with zero attached hydrogens (tertiary/aromatic N) is 2. The Morgan fingerprint density at radius 3 is 3.07 bits per heavy atom. The van der Waals surface area contributed by atoms with Gasteiger partial charge in [-0.25, -0.2) is 0 Å². The van der Waals surface area contributed by atoms with E-state index in [0.717, 1.165) is 29.5 Å². The van der Waals surface area contributed by atoms with Crippen molar-refractivity contribution >= 4 is 22.7 Å². The minimum Gasteiger partial charge on any atom is -0.310 e. The van der Waals surface area contributed by atoms with Gasteiger partial charge in [-0.15, -0.1) is 21.5 Å². The fraction of sp³-hybridized carbons (Fsp3) is 0.400. The van der Waals surface area contributed by atoms with E-state index in [4.69, 9.17) is 0 Å². The summed E-state index contributed by atoms with van der Waals surface area (Å²) < 4.78 is 0. The molecule has 1 N–H and O–H groups in total. The summed E-state index contributed by atoms with van der Waals surface area (Å²) in [5.74, 6) is 0. The van der Waals surface area contributed by atoms with E-state index in [1.54, 1.807) is 22.7 Å². The molecule has 0 radical (unpaired) electrons. The van der Waals surface area contributed by atoms with Crippen molar-refractivity contribution in [3.05, 3.63) is 22.5 Å². The SMILES string of the molecule is CCCNCc1nnc(-c2cccs2)s1. The second kappa shape index (κ2) is 5.34. The first-order valence-corrected chi connectivity index (χ1v) is 6.66. The third-order valence-electron chi connectivity index (χ3n) is 1.90. The van der Waals surface area contributed by atoms with Crippen LogP contribution >= 0.6 is 22.7 Å². The molecule has 0 fully saturated rings. The van der Waals surface area contributed by atoms with Gasteiger partial charge in [0.2, 0.25) is 0 Å². The van der Waals surface area contributed by atoms with Crippen LogP contribution in [-0.2, 0) is 6.54 Å². The standard InChI is InChI=1S/C10H13N3S2/c1-2-5-11-7-9-12-13-10(15-9)8-4-3-6-14-8/h3-4,6,11H,2,5,7H2,1H3. The lowest BCUT2D eigenvalue weighted by atomic mass is 10.5. The fourth-order valence-corrected chi connectivity index (χ4v) is 2.80. The molecule has 2 aromatic heterocycles. The van der Waals surface area contributed by atoms with Crippen molar-refractivity contribution in [3.8, 4) is 9.88 Å². The highest BCUT2D eigenvalue weighted by Gasteiger charge is 2.06. The summed E-state index contributed by atoms with van der Waals surface area (Å²) in [5, 5.41) is 15.8. The molecule has 80 valence electrons. The van der Waals surface area contributed by atoms with Gasteiger partial charge in [-0.05, 0) is 24.4 Å². The second-order valence-electron chi connectivity index (χ2n) is 3.16. The predicted octanol–water partition coefficient (Wildman–Crippen LogP) is 2.77. The molecule has 3 nitrogen and oxygen atoms in total. The molecule has 0 bridgehead atoms. The average Bonchev–Trinajstić information content (AvgIpc) is 2.87. The lowest BCUT2D eigenvalue weighted by molar-refractivity contribution is 0.668. The van der Waals surface area contributed by atoms with Crippen molar-refractivity contribution in [3.63, 3.8) is 0 Å². The van der Waals surface area contributed by atoms with Crippen LogP contribution in [0.25, 0.3) is 9.88 Å². The van der Waals surface area contributed by atoms with E-state index in [2.05, 4.69) is 33.9 Å². The zero-order valence-electron chi connectivity index (χ0n) is 8.56. The summed E-state index contributed by atoms with van der Waals surface area (Å²) in [4.78, 5) is 1.20. The molecule has 15 heavy (non-hydrogen) atoms. The Morgan fingerprint density at radius 1 is 1.40 bits per heavy atom. The summed E-state index contributed by atoms with van der Waals surface area (Å²) in [6.45, 7) is 4.02. The smallest absolute Gasteiger partial charge is 0.157 e. The first-order chi connectivity index (χ1) is 7.40. The molecule has 2 heterocycles. The number of aromatic nitrogens is 2. The number of hydrogen-bond donors (Lipinski definition) is 1. The number of nitrogens with one attached hydrogen (secondary N) is 1. The van der Waals surface area contributed by atoms with Crippen molar-refractivity contribution < 1.29 is 0 Å². The molecule has 0 amide bonds. The quantitative estimate of drug-likeness (QED) is 0.815. The Kier molecular flexibility index (Phi) is 3.82. The molecule has 0 saturated heterocycles. The van der Waals surface area contributed by atoms with Crippen LogP contribution in [0.2, 0.25) is 0 Å². The maximum absolute atomic E-state index is 4.18. The summed E-state index contributed by atoms with van der Waals surface area (Å²) >= 11 is 3.37. The van der Waals surface area contributed by atoms with Crippen LogP contribution in [0.1, 0.15) is 18.4 Å². The Balaban J connectivity index is 1.98.